The molecule has 1 aromatic carbocycles. The van der Waals surface area contributed by atoms with E-state index in [1.54, 1.807) is 0 Å². The minimum Gasteiger partial charge on any atom is -0.311 e. The molecule has 2 unspecified atom stereocenters. The van der Waals surface area contributed by atoms with Crippen LogP contribution < -0.4 is 5.32 Å². The highest BCUT2D eigenvalue weighted by atomic mass is 15.3. The zero-order chi connectivity index (χ0) is 14.9. The van der Waals surface area contributed by atoms with E-state index in [0.29, 0.717) is 6.04 Å². The van der Waals surface area contributed by atoms with E-state index in [1.807, 2.05) is 17.9 Å². The summed E-state index contributed by atoms with van der Waals surface area (Å²) >= 11 is 0. The molecule has 1 aromatic heterocycles. The highest BCUT2D eigenvalue weighted by molar-refractivity contribution is 5.26. The molecule has 1 aliphatic rings. The van der Waals surface area contributed by atoms with Crippen molar-refractivity contribution in [1.29, 1.82) is 0 Å². The molecule has 112 valence electrons. The molecule has 1 saturated heterocycles. The number of nitrogens with one attached hydrogen (secondary N) is 1. The average Bonchev–Trinajstić information content (AvgIpc) is 2.89. The van der Waals surface area contributed by atoms with E-state index in [2.05, 4.69) is 65.7 Å². The Bertz CT molecular complexity index is 592. The average molecular weight is 284 g/mol. The Hall–Kier alpha value is -1.65. The fourth-order valence-corrected chi connectivity index (χ4v) is 3.18. The highest BCUT2D eigenvalue weighted by Crippen LogP contribution is 2.31. The second-order valence-corrected chi connectivity index (χ2v) is 6.32. The van der Waals surface area contributed by atoms with Crippen molar-refractivity contribution in [2.45, 2.75) is 32.0 Å². The first-order valence-corrected chi connectivity index (χ1v) is 7.59. The maximum atomic E-state index is 4.30. The summed E-state index contributed by atoms with van der Waals surface area (Å²) in [5.74, 6) is 0. The van der Waals surface area contributed by atoms with Gasteiger partial charge in [0, 0.05) is 44.5 Å². The van der Waals surface area contributed by atoms with Crippen molar-refractivity contribution >= 4 is 0 Å². The molecule has 0 spiro atoms. The van der Waals surface area contributed by atoms with Crippen LogP contribution in [0.15, 0.2) is 42.7 Å². The van der Waals surface area contributed by atoms with E-state index >= 15 is 0 Å². The van der Waals surface area contributed by atoms with Crippen molar-refractivity contribution in [1.82, 2.24) is 20.0 Å². The van der Waals surface area contributed by atoms with Gasteiger partial charge in [0.25, 0.3) is 0 Å². The largest absolute Gasteiger partial charge is 0.311 e. The van der Waals surface area contributed by atoms with Crippen LogP contribution in [0.2, 0.25) is 0 Å². The zero-order valence-corrected chi connectivity index (χ0v) is 13.1. The normalized spacial score (nSPS) is 26.9. The van der Waals surface area contributed by atoms with Gasteiger partial charge in [0.05, 0.1) is 11.7 Å². The van der Waals surface area contributed by atoms with Gasteiger partial charge in [-0.3, -0.25) is 9.58 Å². The second kappa shape index (κ2) is 5.62. The van der Waals surface area contributed by atoms with Crippen LogP contribution >= 0.6 is 0 Å². The number of nitrogens with zero attached hydrogens (tertiary/aromatic N) is 3. The predicted octanol–water partition coefficient (Wildman–Crippen LogP) is 2.13. The van der Waals surface area contributed by atoms with Gasteiger partial charge in [-0.25, -0.2) is 0 Å². The Morgan fingerprint density at radius 1 is 1.33 bits per heavy atom. The third-order valence-electron chi connectivity index (χ3n) is 4.51. The molecule has 21 heavy (non-hydrogen) atoms. The summed E-state index contributed by atoms with van der Waals surface area (Å²) in [5.41, 5.74) is 2.66. The smallest absolute Gasteiger partial charge is 0.0561 e. The lowest BCUT2D eigenvalue weighted by atomic mass is 9.87. The molecule has 0 radical (unpaired) electrons. The van der Waals surface area contributed by atoms with Crippen molar-refractivity contribution in [2.75, 3.05) is 13.1 Å². The lowest BCUT2D eigenvalue weighted by Gasteiger charge is -2.48. The van der Waals surface area contributed by atoms with Gasteiger partial charge in [-0.05, 0) is 19.4 Å². The van der Waals surface area contributed by atoms with Crippen molar-refractivity contribution in [3.63, 3.8) is 0 Å². The van der Waals surface area contributed by atoms with E-state index in [9.17, 15) is 0 Å². The standard InChI is InChI=1S/C17H24N4/c1-14-10-21(12-15-9-19-20(3)11-15)17(2,13-18-14)16-7-5-4-6-8-16/h4-9,11,14,18H,10,12-13H2,1-3H3. The van der Waals surface area contributed by atoms with Gasteiger partial charge in [-0.15, -0.1) is 0 Å². The number of rotatable bonds is 3. The monoisotopic (exact) mass is 284 g/mol. The molecule has 4 nitrogen and oxygen atoms in total. The molecule has 0 aliphatic carbocycles. The molecule has 2 aromatic rings. The molecule has 4 heteroatoms. The van der Waals surface area contributed by atoms with Gasteiger partial charge < -0.3 is 5.32 Å². The summed E-state index contributed by atoms with van der Waals surface area (Å²) in [6.07, 6.45) is 4.08. The molecule has 1 fully saturated rings. The minimum absolute atomic E-state index is 0.0175. The van der Waals surface area contributed by atoms with Gasteiger partial charge in [-0.1, -0.05) is 30.3 Å². The van der Waals surface area contributed by atoms with Crippen molar-refractivity contribution < 1.29 is 0 Å². The molecule has 0 amide bonds. The summed E-state index contributed by atoms with van der Waals surface area (Å²) in [7, 11) is 1.97. The van der Waals surface area contributed by atoms with E-state index in [0.717, 1.165) is 19.6 Å². The SMILES string of the molecule is CC1CN(Cc2cnn(C)c2)C(C)(c2ccccc2)CN1. The highest BCUT2D eigenvalue weighted by Gasteiger charge is 2.37. The molecule has 3 rings (SSSR count). The summed E-state index contributed by atoms with van der Waals surface area (Å²) in [6.45, 7) is 7.53. The van der Waals surface area contributed by atoms with Crippen LogP contribution in [0.1, 0.15) is 25.0 Å². The van der Waals surface area contributed by atoms with Gasteiger partial charge in [0.1, 0.15) is 0 Å². The number of piperazine rings is 1. The first-order valence-electron chi connectivity index (χ1n) is 7.59. The first kappa shape index (κ1) is 14.3. The molecule has 2 heterocycles. The number of aromatic nitrogens is 2. The molecule has 2 atom stereocenters. The first-order chi connectivity index (χ1) is 10.1. The number of hydrogen-bond acceptors (Lipinski definition) is 3. The van der Waals surface area contributed by atoms with E-state index in [-0.39, 0.29) is 5.54 Å². The van der Waals surface area contributed by atoms with Gasteiger partial charge in [-0.2, -0.15) is 5.10 Å². The molecule has 0 saturated carbocycles. The van der Waals surface area contributed by atoms with Crippen molar-refractivity contribution in [3.8, 4) is 0 Å². The number of hydrogen-bond donors (Lipinski definition) is 1. The van der Waals surface area contributed by atoms with Gasteiger partial charge >= 0.3 is 0 Å². The second-order valence-electron chi connectivity index (χ2n) is 6.32. The quantitative estimate of drug-likeness (QED) is 0.937. The van der Waals surface area contributed by atoms with Crippen LogP contribution in [0.5, 0.6) is 0 Å². The third kappa shape index (κ3) is 2.87. The van der Waals surface area contributed by atoms with E-state index in [4.69, 9.17) is 0 Å². The molecule has 1 aliphatic heterocycles. The maximum Gasteiger partial charge on any atom is 0.0561 e. The topological polar surface area (TPSA) is 33.1 Å². The summed E-state index contributed by atoms with van der Waals surface area (Å²) in [6, 6.07) is 11.3. The van der Waals surface area contributed by atoms with E-state index < -0.39 is 0 Å². The number of benzene rings is 1. The number of aryl methyl sites for hydroxylation is 1. The van der Waals surface area contributed by atoms with Crippen LogP contribution in [0.25, 0.3) is 0 Å². The Morgan fingerprint density at radius 2 is 2.10 bits per heavy atom. The maximum absolute atomic E-state index is 4.30. The lowest BCUT2D eigenvalue weighted by molar-refractivity contribution is 0.0458. The van der Waals surface area contributed by atoms with Crippen molar-refractivity contribution in [3.05, 3.63) is 53.9 Å². The van der Waals surface area contributed by atoms with Crippen LogP contribution in [0, 0.1) is 0 Å². The predicted molar refractivity (Wildman–Crippen MR) is 84.9 cm³/mol. The Morgan fingerprint density at radius 3 is 2.76 bits per heavy atom. The molecule has 0 bridgehead atoms. The lowest BCUT2D eigenvalue weighted by Crippen LogP contribution is -2.60. The third-order valence-corrected chi connectivity index (χ3v) is 4.51. The fraction of sp³-hybridized carbons (Fsp3) is 0.471. The molecule has 1 N–H and O–H groups in total. The van der Waals surface area contributed by atoms with Crippen LogP contribution in [-0.4, -0.2) is 33.8 Å². The van der Waals surface area contributed by atoms with E-state index in [1.165, 1.54) is 11.1 Å². The van der Waals surface area contributed by atoms with Gasteiger partial charge in [0.2, 0.25) is 0 Å². The summed E-state index contributed by atoms with van der Waals surface area (Å²) < 4.78 is 1.88. The van der Waals surface area contributed by atoms with Crippen LogP contribution in [0.4, 0.5) is 0 Å². The Labute approximate surface area is 126 Å². The fourth-order valence-electron chi connectivity index (χ4n) is 3.18. The summed E-state index contributed by atoms with van der Waals surface area (Å²) in [5, 5.41) is 7.93. The molecular formula is C17H24N4. The molecular weight excluding hydrogens is 260 g/mol. The Balaban J connectivity index is 1.89. The van der Waals surface area contributed by atoms with Gasteiger partial charge in [0.15, 0.2) is 0 Å². The zero-order valence-electron chi connectivity index (χ0n) is 13.1. The Kier molecular flexibility index (Phi) is 3.83. The summed E-state index contributed by atoms with van der Waals surface area (Å²) in [4.78, 5) is 2.57. The van der Waals surface area contributed by atoms with Crippen molar-refractivity contribution in [2.24, 2.45) is 7.05 Å². The van der Waals surface area contributed by atoms with Crippen LogP contribution in [0.3, 0.4) is 0 Å². The van der Waals surface area contributed by atoms with Crippen LogP contribution in [-0.2, 0) is 19.1 Å². The minimum atomic E-state index is 0.0175.